The number of carbonyl (C=O) groups excluding carboxylic acids is 2. The molecule has 6 heteroatoms. The van der Waals surface area contributed by atoms with Crippen molar-refractivity contribution in [1.29, 1.82) is 0 Å². The standard InChI is InChI=1S/C16H25N3O3/c17-9-8-15(21)18-10-2-1-3-11-19-16(22)12-13-4-6-14(20)7-5-13/h4-7,20H,1-3,8-12,17H2,(H,18,21)(H,19,22). The van der Waals surface area contributed by atoms with Crippen molar-refractivity contribution in [3.63, 3.8) is 0 Å². The Balaban J connectivity index is 2.01. The van der Waals surface area contributed by atoms with Gasteiger partial charge in [0.15, 0.2) is 0 Å². The van der Waals surface area contributed by atoms with Gasteiger partial charge in [0.05, 0.1) is 6.42 Å². The molecule has 0 aromatic heterocycles. The topological polar surface area (TPSA) is 104 Å². The molecule has 0 radical (unpaired) electrons. The Kier molecular flexibility index (Phi) is 8.67. The minimum Gasteiger partial charge on any atom is -0.508 e. The predicted molar refractivity (Wildman–Crippen MR) is 85.4 cm³/mol. The van der Waals surface area contributed by atoms with E-state index in [0.29, 0.717) is 32.5 Å². The monoisotopic (exact) mass is 307 g/mol. The van der Waals surface area contributed by atoms with E-state index in [0.717, 1.165) is 24.8 Å². The van der Waals surface area contributed by atoms with Crippen LogP contribution in [0.3, 0.4) is 0 Å². The van der Waals surface area contributed by atoms with E-state index >= 15 is 0 Å². The molecular weight excluding hydrogens is 282 g/mol. The van der Waals surface area contributed by atoms with Crippen molar-refractivity contribution >= 4 is 11.8 Å². The summed E-state index contributed by atoms with van der Waals surface area (Å²) in [6, 6.07) is 6.61. The van der Waals surface area contributed by atoms with Crippen LogP contribution in [0.1, 0.15) is 31.2 Å². The van der Waals surface area contributed by atoms with E-state index in [1.165, 1.54) is 0 Å². The minimum absolute atomic E-state index is 0.00954. The zero-order chi connectivity index (χ0) is 16.2. The van der Waals surface area contributed by atoms with E-state index in [9.17, 15) is 9.59 Å². The molecule has 0 aliphatic heterocycles. The number of benzene rings is 1. The van der Waals surface area contributed by atoms with E-state index in [-0.39, 0.29) is 17.6 Å². The second-order valence-corrected chi connectivity index (χ2v) is 5.14. The smallest absolute Gasteiger partial charge is 0.224 e. The Morgan fingerprint density at radius 1 is 0.955 bits per heavy atom. The summed E-state index contributed by atoms with van der Waals surface area (Å²) in [6.45, 7) is 1.66. The highest BCUT2D eigenvalue weighted by Gasteiger charge is 2.03. The van der Waals surface area contributed by atoms with Gasteiger partial charge in [0.2, 0.25) is 11.8 Å². The number of nitrogens with one attached hydrogen (secondary N) is 2. The third-order valence-corrected chi connectivity index (χ3v) is 3.17. The second kappa shape index (κ2) is 10.6. The maximum absolute atomic E-state index is 11.7. The molecule has 0 spiro atoms. The molecule has 1 rings (SSSR count). The van der Waals surface area contributed by atoms with Gasteiger partial charge >= 0.3 is 0 Å². The van der Waals surface area contributed by atoms with Crippen LogP contribution in [0.15, 0.2) is 24.3 Å². The quantitative estimate of drug-likeness (QED) is 0.477. The summed E-state index contributed by atoms with van der Waals surface area (Å²) >= 11 is 0. The van der Waals surface area contributed by atoms with E-state index in [1.807, 2.05) is 0 Å². The molecule has 0 bridgehead atoms. The first-order valence-electron chi connectivity index (χ1n) is 7.63. The Bertz CT molecular complexity index is 460. The number of rotatable bonds is 10. The number of phenols is 1. The lowest BCUT2D eigenvalue weighted by Crippen LogP contribution is -2.27. The number of aromatic hydroxyl groups is 1. The maximum atomic E-state index is 11.7. The molecule has 0 atom stereocenters. The molecule has 6 nitrogen and oxygen atoms in total. The normalized spacial score (nSPS) is 10.2. The summed E-state index contributed by atoms with van der Waals surface area (Å²) in [4.78, 5) is 22.9. The summed E-state index contributed by atoms with van der Waals surface area (Å²) in [6.07, 6.45) is 3.41. The molecule has 0 fully saturated rings. The molecule has 1 aromatic rings. The number of carbonyl (C=O) groups is 2. The number of amides is 2. The van der Waals surface area contributed by atoms with Crippen LogP contribution in [-0.4, -0.2) is 36.6 Å². The van der Waals surface area contributed by atoms with Gasteiger partial charge in [-0.1, -0.05) is 12.1 Å². The first-order valence-corrected chi connectivity index (χ1v) is 7.63. The van der Waals surface area contributed by atoms with Crippen LogP contribution in [0.25, 0.3) is 0 Å². The first-order chi connectivity index (χ1) is 10.6. The molecule has 5 N–H and O–H groups in total. The fraction of sp³-hybridized carbons (Fsp3) is 0.500. The SMILES string of the molecule is NCCC(=O)NCCCCCNC(=O)Cc1ccc(O)cc1. The fourth-order valence-corrected chi connectivity index (χ4v) is 1.96. The number of phenolic OH excluding ortho intramolecular Hbond substituents is 1. The molecule has 1 aromatic carbocycles. The second-order valence-electron chi connectivity index (χ2n) is 5.14. The molecule has 122 valence electrons. The Hall–Kier alpha value is -2.08. The Labute approximate surface area is 131 Å². The van der Waals surface area contributed by atoms with Crippen molar-refractivity contribution in [2.75, 3.05) is 19.6 Å². The van der Waals surface area contributed by atoms with Crippen LogP contribution in [0, 0.1) is 0 Å². The molecule has 0 aliphatic carbocycles. The number of hydrogen-bond donors (Lipinski definition) is 4. The van der Waals surface area contributed by atoms with Crippen LogP contribution in [-0.2, 0) is 16.0 Å². The molecule has 2 amide bonds. The molecular formula is C16H25N3O3. The average Bonchev–Trinajstić information content (AvgIpc) is 2.49. The Morgan fingerprint density at radius 2 is 1.55 bits per heavy atom. The van der Waals surface area contributed by atoms with Crippen LogP contribution in [0.5, 0.6) is 5.75 Å². The van der Waals surface area contributed by atoms with Crippen LogP contribution in [0.4, 0.5) is 0 Å². The summed E-state index contributed by atoms with van der Waals surface area (Å²) in [5.41, 5.74) is 6.15. The van der Waals surface area contributed by atoms with Crippen LogP contribution < -0.4 is 16.4 Å². The highest BCUT2D eigenvalue weighted by Crippen LogP contribution is 2.09. The van der Waals surface area contributed by atoms with Crippen molar-refractivity contribution in [3.05, 3.63) is 29.8 Å². The average molecular weight is 307 g/mol. The van der Waals surface area contributed by atoms with Gasteiger partial charge in [-0.3, -0.25) is 9.59 Å². The molecule has 0 aliphatic rings. The summed E-state index contributed by atoms with van der Waals surface area (Å²) in [7, 11) is 0. The van der Waals surface area contributed by atoms with Crippen molar-refractivity contribution in [2.45, 2.75) is 32.1 Å². The van der Waals surface area contributed by atoms with Crippen LogP contribution in [0.2, 0.25) is 0 Å². The van der Waals surface area contributed by atoms with Crippen molar-refractivity contribution in [1.82, 2.24) is 10.6 Å². The third-order valence-electron chi connectivity index (χ3n) is 3.17. The number of unbranched alkanes of at least 4 members (excludes halogenated alkanes) is 2. The molecule has 0 saturated carbocycles. The largest absolute Gasteiger partial charge is 0.508 e. The zero-order valence-corrected chi connectivity index (χ0v) is 12.8. The number of nitrogens with two attached hydrogens (primary N) is 1. The summed E-state index contributed by atoms with van der Waals surface area (Å²) < 4.78 is 0. The van der Waals surface area contributed by atoms with Gasteiger partial charge in [0, 0.05) is 26.1 Å². The van der Waals surface area contributed by atoms with Crippen molar-refractivity contribution in [3.8, 4) is 5.75 Å². The van der Waals surface area contributed by atoms with Gasteiger partial charge in [0.25, 0.3) is 0 Å². The lowest BCUT2D eigenvalue weighted by Gasteiger charge is -2.06. The molecule has 22 heavy (non-hydrogen) atoms. The Morgan fingerprint density at radius 3 is 2.14 bits per heavy atom. The number of hydrogen-bond acceptors (Lipinski definition) is 4. The predicted octanol–water partition coefficient (Wildman–Crippen LogP) is 0.686. The van der Waals surface area contributed by atoms with Gasteiger partial charge in [-0.05, 0) is 37.0 Å². The summed E-state index contributed by atoms with van der Waals surface area (Å²) in [5.74, 6) is 0.161. The summed E-state index contributed by atoms with van der Waals surface area (Å²) in [5, 5.41) is 14.8. The minimum atomic E-state index is -0.0260. The van der Waals surface area contributed by atoms with Gasteiger partial charge in [-0.2, -0.15) is 0 Å². The molecule has 0 saturated heterocycles. The third kappa shape index (κ3) is 8.26. The van der Waals surface area contributed by atoms with Gasteiger partial charge in [0.1, 0.15) is 5.75 Å². The van der Waals surface area contributed by atoms with E-state index in [2.05, 4.69) is 10.6 Å². The lowest BCUT2D eigenvalue weighted by molar-refractivity contribution is -0.121. The van der Waals surface area contributed by atoms with Gasteiger partial charge in [-0.25, -0.2) is 0 Å². The molecule has 0 heterocycles. The molecule has 0 unspecified atom stereocenters. The fourth-order valence-electron chi connectivity index (χ4n) is 1.96. The zero-order valence-electron chi connectivity index (χ0n) is 12.8. The first kappa shape index (κ1) is 18.0. The van der Waals surface area contributed by atoms with Crippen LogP contribution >= 0.6 is 0 Å². The highest BCUT2D eigenvalue weighted by molar-refractivity contribution is 5.78. The maximum Gasteiger partial charge on any atom is 0.224 e. The lowest BCUT2D eigenvalue weighted by atomic mass is 10.1. The van der Waals surface area contributed by atoms with Gasteiger partial charge in [-0.15, -0.1) is 0 Å². The van der Waals surface area contributed by atoms with Crippen molar-refractivity contribution in [2.24, 2.45) is 5.73 Å². The van der Waals surface area contributed by atoms with E-state index in [1.54, 1.807) is 24.3 Å². The van der Waals surface area contributed by atoms with Gasteiger partial charge < -0.3 is 21.5 Å². The highest BCUT2D eigenvalue weighted by atomic mass is 16.3. The van der Waals surface area contributed by atoms with Crippen molar-refractivity contribution < 1.29 is 14.7 Å². The van der Waals surface area contributed by atoms with E-state index in [4.69, 9.17) is 10.8 Å². The van der Waals surface area contributed by atoms with E-state index < -0.39 is 0 Å².